The predicted molar refractivity (Wildman–Crippen MR) is 79.7 cm³/mol. The van der Waals surface area contributed by atoms with E-state index in [1.807, 2.05) is 13.0 Å². The van der Waals surface area contributed by atoms with Crippen LogP contribution in [0.4, 0.5) is 11.4 Å². The third-order valence-electron chi connectivity index (χ3n) is 4.65. The second-order valence-corrected chi connectivity index (χ2v) is 5.72. The van der Waals surface area contributed by atoms with Gasteiger partial charge in [0.1, 0.15) is 5.75 Å². The van der Waals surface area contributed by atoms with Crippen LogP contribution in [0.2, 0.25) is 0 Å². The van der Waals surface area contributed by atoms with E-state index in [2.05, 4.69) is 17.0 Å². The number of nitrogens with two attached hydrogens (primary N) is 1. The molecule has 1 saturated carbocycles. The monoisotopic (exact) mass is 260 g/mol. The lowest BCUT2D eigenvalue weighted by Gasteiger charge is -2.40. The number of nitrogen functional groups attached to an aromatic ring is 1. The summed E-state index contributed by atoms with van der Waals surface area (Å²) in [5.41, 5.74) is 8.32. The summed E-state index contributed by atoms with van der Waals surface area (Å²) in [6.07, 6.45) is 6.78. The molecule has 2 aliphatic rings. The molecule has 1 aromatic carbocycles. The molecule has 0 amide bonds. The first-order valence-electron chi connectivity index (χ1n) is 7.59. The zero-order valence-corrected chi connectivity index (χ0v) is 11.8. The Hall–Kier alpha value is -1.38. The molecule has 0 bridgehead atoms. The molecule has 1 heterocycles. The Kier molecular flexibility index (Phi) is 3.54. The van der Waals surface area contributed by atoms with E-state index in [1.54, 1.807) is 0 Å². The van der Waals surface area contributed by atoms with Gasteiger partial charge in [0.25, 0.3) is 0 Å². The lowest BCUT2D eigenvalue weighted by Crippen LogP contribution is -2.43. The Morgan fingerprint density at radius 1 is 1.26 bits per heavy atom. The molecule has 2 N–H and O–H groups in total. The van der Waals surface area contributed by atoms with E-state index < -0.39 is 0 Å². The largest absolute Gasteiger partial charge is 0.492 e. The lowest BCUT2D eigenvalue weighted by atomic mass is 9.91. The number of fused-ring (bicyclic) bond motifs is 1. The zero-order chi connectivity index (χ0) is 13.2. The van der Waals surface area contributed by atoms with Crippen LogP contribution in [0.1, 0.15) is 39.0 Å². The highest BCUT2D eigenvalue weighted by molar-refractivity contribution is 5.74. The van der Waals surface area contributed by atoms with Crippen LogP contribution in [0.3, 0.4) is 0 Å². The Morgan fingerprint density at radius 3 is 2.95 bits per heavy atom. The molecule has 3 heteroatoms. The predicted octanol–water partition coefficient (Wildman–Crippen LogP) is 3.44. The van der Waals surface area contributed by atoms with E-state index >= 15 is 0 Å². The van der Waals surface area contributed by atoms with Gasteiger partial charge in [0, 0.05) is 12.6 Å². The molecule has 2 atom stereocenters. The summed E-state index contributed by atoms with van der Waals surface area (Å²) < 4.78 is 5.63. The molecule has 1 aliphatic carbocycles. The van der Waals surface area contributed by atoms with Crippen molar-refractivity contribution >= 4 is 11.4 Å². The van der Waals surface area contributed by atoms with E-state index in [9.17, 15) is 0 Å². The summed E-state index contributed by atoms with van der Waals surface area (Å²) in [6, 6.07) is 6.89. The molecule has 1 saturated heterocycles. The molecule has 0 aromatic heterocycles. The molecular formula is C16H24N2O. The van der Waals surface area contributed by atoms with Gasteiger partial charge in [-0.3, -0.25) is 0 Å². The van der Waals surface area contributed by atoms with Crippen LogP contribution in [0.5, 0.6) is 5.75 Å². The third-order valence-corrected chi connectivity index (χ3v) is 4.65. The van der Waals surface area contributed by atoms with E-state index in [0.717, 1.165) is 23.9 Å². The quantitative estimate of drug-likeness (QED) is 0.846. The van der Waals surface area contributed by atoms with Crippen molar-refractivity contribution in [1.29, 1.82) is 0 Å². The van der Waals surface area contributed by atoms with Gasteiger partial charge in [-0.05, 0) is 50.7 Å². The lowest BCUT2D eigenvalue weighted by molar-refractivity contribution is 0.340. The SMILES string of the molecule is CCOc1cccc(N2CCCC3CCCC32)c1N. The molecule has 0 radical (unpaired) electrons. The second kappa shape index (κ2) is 5.32. The fourth-order valence-corrected chi connectivity index (χ4v) is 3.82. The molecule has 2 unspecified atom stereocenters. The Labute approximate surface area is 115 Å². The maximum atomic E-state index is 6.32. The third kappa shape index (κ3) is 2.26. The molecule has 3 rings (SSSR count). The summed E-state index contributed by atoms with van der Waals surface area (Å²) in [7, 11) is 0. The van der Waals surface area contributed by atoms with E-state index in [-0.39, 0.29) is 0 Å². The number of nitrogens with zero attached hydrogens (tertiary/aromatic N) is 1. The normalized spacial score (nSPS) is 26.3. The minimum atomic E-state index is 0.666. The molecule has 0 spiro atoms. The van der Waals surface area contributed by atoms with Crippen LogP contribution in [0, 0.1) is 5.92 Å². The van der Waals surface area contributed by atoms with Gasteiger partial charge in [-0.2, -0.15) is 0 Å². The number of benzene rings is 1. The van der Waals surface area contributed by atoms with Crippen LogP contribution in [-0.2, 0) is 0 Å². The second-order valence-electron chi connectivity index (χ2n) is 5.72. The molecule has 3 nitrogen and oxygen atoms in total. The van der Waals surface area contributed by atoms with Crippen molar-refractivity contribution in [1.82, 2.24) is 0 Å². The number of anilines is 2. The number of hydrogen-bond acceptors (Lipinski definition) is 3. The van der Waals surface area contributed by atoms with Crippen LogP contribution in [-0.4, -0.2) is 19.2 Å². The van der Waals surface area contributed by atoms with Gasteiger partial charge in [0.05, 0.1) is 18.0 Å². The molecule has 1 aromatic rings. The van der Waals surface area contributed by atoms with Gasteiger partial charge in [-0.15, -0.1) is 0 Å². The Bertz CT molecular complexity index is 446. The summed E-state index contributed by atoms with van der Waals surface area (Å²) in [4.78, 5) is 2.54. The van der Waals surface area contributed by atoms with Gasteiger partial charge < -0.3 is 15.4 Å². The average molecular weight is 260 g/mol. The molecule has 104 valence electrons. The van der Waals surface area contributed by atoms with Gasteiger partial charge in [0.2, 0.25) is 0 Å². The molecule has 19 heavy (non-hydrogen) atoms. The highest BCUT2D eigenvalue weighted by Gasteiger charge is 2.35. The number of ether oxygens (including phenoxy) is 1. The maximum Gasteiger partial charge on any atom is 0.144 e. The van der Waals surface area contributed by atoms with Crippen molar-refractivity contribution in [3.8, 4) is 5.75 Å². The summed E-state index contributed by atoms with van der Waals surface area (Å²) in [5.74, 6) is 1.71. The number of para-hydroxylation sites is 1. The van der Waals surface area contributed by atoms with Crippen molar-refractivity contribution in [2.75, 3.05) is 23.8 Å². The molecule has 1 aliphatic heterocycles. The highest BCUT2D eigenvalue weighted by atomic mass is 16.5. The first kappa shape index (κ1) is 12.6. The fourth-order valence-electron chi connectivity index (χ4n) is 3.82. The van der Waals surface area contributed by atoms with Crippen molar-refractivity contribution in [2.24, 2.45) is 5.92 Å². The van der Waals surface area contributed by atoms with E-state index in [4.69, 9.17) is 10.5 Å². The van der Waals surface area contributed by atoms with Crippen LogP contribution < -0.4 is 15.4 Å². The first-order chi connectivity index (χ1) is 9.31. The number of rotatable bonds is 3. The minimum Gasteiger partial charge on any atom is -0.492 e. The van der Waals surface area contributed by atoms with Crippen molar-refractivity contribution < 1.29 is 4.74 Å². The van der Waals surface area contributed by atoms with Gasteiger partial charge in [-0.25, -0.2) is 0 Å². The van der Waals surface area contributed by atoms with Crippen molar-refractivity contribution in [2.45, 2.75) is 45.1 Å². The Morgan fingerprint density at radius 2 is 2.11 bits per heavy atom. The smallest absolute Gasteiger partial charge is 0.144 e. The summed E-state index contributed by atoms with van der Waals surface area (Å²) >= 11 is 0. The maximum absolute atomic E-state index is 6.32. The highest BCUT2D eigenvalue weighted by Crippen LogP contribution is 2.42. The average Bonchev–Trinajstić information content (AvgIpc) is 2.90. The molecule has 2 fully saturated rings. The Balaban J connectivity index is 1.90. The topological polar surface area (TPSA) is 38.5 Å². The van der Waals surface area contributed by atoms with Gasteiger partial charge in [0.15, 0.2) is 0 Å². The number of hydrogen-bond donors (Lipinski definition) is 1. The van der Waals surface area contributed by atoms with Crippen LogP contribution in [0.25, 0.3) is 0 Å². The van der Waals surface area contributed by atoms with E-state index in [1.165, 1.54) is 37.8 Å². The van der Waals surface area contributed by atoms with Crippen molar-refractivity contribution in [3.05, 3.63) is 18.2 Å². The first-order valence-corrected chi connectivity index (χ1v) is 7.59. The zero-order valence-electron chi connectivity index (χ0n) is 11.8. The minimum absolute atomic E-state index is 0.666. The molecular weight excluding hydrogens is 236 g/mol. The number of piperidine rings is 1. The van der Waals surface area contributed by atoms with Gasteiger partial charge in [-0.1, -0.05) is 12.5 Å². The summed E-state index contributed by atoms with van der Waals surface area (Å²) in [6.45, 7) is 3.81. The van der Waals surface area contributed by atoms with Gasteiger partial charge >= 0.3 is 0 Å². The van der Waals surface area contributed by atoms with Crippen molar-refractivity contribution in [3.63, 3.8) is 0 Å². The van der Waals surface area contributed by atoms with Crippen LogP contribution in [0.15, 0.2) is 18.2 Å². The summed E-state index contributed by atoms with van der Waals surface area (Å²) in [5, 5.41) is 0. The fraction of sp³-hybridized carbons (Fsp3) is 0.625. The van der Waals surface area contributed by atoms with E-state index in [0.29, 0.717) is 12.6 Å². The van der Waals surface area contributed by atoms with Crippen LogP contribution >= 0.6 is 0 Å². The standard InChI is InChI=1S/C16H24N2O/c1-2-19-15-10-4-9-14(16(15)17)18-11-5-7-12-6-3-8-13(12)18/h4,9-10,12-13H,2-3,5-8,11,17H2,1H3.